The molecule has 0 saturated carbocycles. The molecule has 0 amide bonds. The molecule has 2 atom stereocenters. The summed E-state index contributed by atoms with van der Waals surface area (Å²) in [6.07, 6.45) is 9.40. The first kappa shape index (κ1) is 18.1. The molecule has 29 heavy (non-hydrogen) atoms. The van der Waals surface area contributed by atoms with Gasteiger partial charge >= 0.3 is 0 Å². The molecule has 0 radical (unpaired) electrons. The summed E-state index contributed by atoms with van der Waals surface area (Å²) in [6, 6.07) is 8.51. The van der Waals surface area contributed by atoms with Gasteiger partial charge in [0.05, 0.1) is 17.5 Å². The fourth-order valence-electron chi connectivity index (χ4n) is 4.47. The molecule has 0 bridgehead atoms. The second-order valence-electron chi connectivity index (χ2n) is 9.28. The van der Waals surface area contributed by atoms with Crippen molar-refractivity contribution < 1.29 is 4.79 Å². The molecule has 2 aromatic heterocycles. The summed E-state index contributed by atoms with van der Waals surface area (Å²) in [4.78, 5) is 27.7. The van der Waals surface area contributed by atoms with Gasteiger partial charge in [-0.25, -0.2) is 9.97 Å². The minimum absolute atomic E-state index is 0.0700. The van der Waals surface area contributed by atoms with Crippen LogP contribution in [0, 0.1) is 17.3 Å². The zero-order valence-corrected chi connectivity index (χ0v) is 17.1. The minimum Gasteiger partial charge on any atom is -0.371 e. The van der Waals surface area contributed by atoms with Crippen molar-refractivity contribution in [2.75, 3.05) is 18.0 Å². The van der Waals surface area contributed by atoms with Gasteiger partial charge in [0.15, 0.2) is 11.4 Å². The average molecular weight is 386 g/mol. The van der Waals surface area contributed by atoms with Gasteiger partial charge in [0, 0.05) is 36.0 Å². The van der Waals surface area contributed by atoms with Gasteiger partial charge in [0.2, 0.25) is 0 Å². The number of allylic oxidation sites excluding steroid dienone is 1. The number of aromatic amines is 1. The summed E-state index contributed by atoms with van der Waals surface area (Å²) in [5, 5.41) is 0. The lowest BCUT2D eigenvalue weighted by atomic mass is 9.87. The largest absolute Gasteiger partial charge is 0.371 e. The molecule has 0 unspecified atom stereocenters. The third-order valence-corrected chi connectivity index (χ3v) is 6.13. The van der Waals surface area contributed by atoms with E-state index in [4.69, 9.17) is 4.98 Å². The molecule has 1 aliphatic heterocycles. The molecule has 1 fully saturated rings. The lowest BCUT2D eigenvalue weighted by Crippen LogP contribution is -2.20. The molecular formula is C24H26N4O. The number of carbonyl (C=O) groups is 1. The molecule has 5 heteroatoms. The van der Waals surface area contributed by atoms with Crippen LogP contribution >= 0.6 is 0 Å². The molecule has 1 aliphatic carbocycles. The molecule has 1 aromatic carbocycles. The summed E-state index contributed by atoms with van der Waals surface area (Å²) >= 11 is 0. The number of aromatic nitrogens is 3. The Morgan fingerprint density at radius 3 is 2.90 bits per heavy atom. The first-order valence-electron chi connectivity index (χ1n) is 10.3. The maximum Gasteiger partial charge on any atom is 0.171 e. The number of fused-ring (bicyclic) bond motifs is 2. The van der Waals surface area contributed by atoms with Gasteiger partial charge in [0.1, 0.15) is 5.52 Å². The van der Waals surface area contributed by atoms with Crippen molar-refractivity contribution in [3.05, 3.63) is 54.4 Å². The number of nitrogens with zero attached hydrogens (tertiary/aromatic N) is 3. The van der Waals surface area contributed by atoms with E-state index in [0.717, 1.165) is 30.3 Å². The summed E-state index contributed by atoms with van der Waals surface area (Å²) in [5.41, 5.74) is 4.49. The van der Waals surface area contributed by atoms with Gasteiger partial charge in [-0.1, -0.05) is 45.1 Å². The fraction of sp³-hybridized carbons (Fsp3) is 0.375. The maximum atomic E-state index is 12.8. The number of benzene rings is 1. The zero-order chi connectivity index (χ0) is 20.2. The van der Waals surface area contributed by atoms with E-state index in [-0.39, 0.29) is 5.78 Å². The van der Waals surface area contributed by atoms with Crippen molar-refractivity contribution in [2.45, 2.75) is 27.2 Å². The first-order chi connectivity index (χ1) is 13.9. The van der Waals surface area contributed by atoms with Crippen LogP contribution in [-0.2, 0) is 0 Å². The molecular weight excluding hydrogens is 360 g/mol. The number of hydrogen-bond donors (Lipinski definition) is 1. The average Bonchev–Trinajstić information content (AvgIpc) is 3.40. The third kappa shape index (κ3) is 3.15. The molecule has 2 aliphatic rings. The smallest absolute Gasteiger partial charge is 0.171 e. The topological polar surface area (TPSA) is 61.9 Å². The molecule has 3 heterocycles. The second kappa shape index (κ2) is 6.55. The van der Waals surface area contributed by atoms with E-state index >= 15 is 0 Å². The van der Waals surface area contributed by atoms with Crippen LogP contribution in [0.5, 0.6) is 0 Å². The monoisotopic (exact) mass is 386 g/mol. The van der Waals surface area contributed by atoms with E-state index in [0.29, 0.717) is 22.6 Å². The van der Waals surface area contributed by atoms with E-state index in [2.05, 4.69) is 51.3 Å². The molecule has 0 spiro atoms. The number of H-pyrrole nitrogens is 1. The van der Waals surface area contributed by atoms with Crippen LogP contribution in [0.3, 0.4) is 0 Å². The zero-order valence-electron chi connectivity index (χ0n) is 17.1. The van der Waals surface area contributed by atoms with Gasteiger partial charge in [-0.15, -0.1) is 0 Å². The Labute approximate surface area is 170 Å². The van der Waals surface area contributed by atoms with E-state index in [9.17, 15) is 4.79 Å². The Morgan fingerprint density at radius 1 is 1.24 bits per heavy atom. The number of nitrogens with one attached hydrogen (secondary N) is 1. The number of hydrogen-bond acceptors (Lipinski definition) is 4. The molecule has 5 rings (SSSR count). The highest BCUT2D eigenvalue weighted by molar-refractivity contribution is 6.08. The van der Waals surface area contributed by atoms with Gasteiger partial charge in [0.25, 0.3) is 0 Å². The number of Topliss-reactive ketones (excluding diaryl/α,β-unsaturated/α-hetero) is 1. The Kier molecular flexibility index (Phi) is 4.09. The highest BCUT2D eigenvalue weighted by Crippen LogP contribution is 2.36. The molecule has 5 nitrogen and oxygen atoms in total. The Hall–Kier alpha value is -2.95. The van der Waals surface area contributed by atoms with Crippen molar-refractivity contribution in [1.29, 1.82) is 0 Å². The van der Waals surface area contributed by atoms with Crippen LogP contribution in [0.15, 0.2) is 48.8 Å². The predicted octanol–water partition coefficient (Wildman–Crippen LogP) is 4.87. The number of rotatable bonds is 3. The molecule has 1 saturated heterocycles. The van der Waals surface area contributed by atoms with Crippen LogP contribution in [0.1, 0.15) is 37.6 Å². The molecule has 148 valence electrons. The van der Waals surface area contributed by atoms with E-state index < -0.39 is 5.41 Å². The quantitative estimate of drug-likeness (QED) is 0.515. The van der Waals surface area contributed by atoms with Crippen molar-refractivity contribution >= 4 is 22.6 Å². The maximum absolute atomic E-state index is 12.8. The first-order valence-corrected chi connectivity index (χ1v) is 10.3. The summed E-state index contributed by atoms with van der Waals surface area (Å²) < 4.78 is 0. The van der Waals surface area contributed by atoms with Crippen molar-refractivity contribution in [3.8, 4) is 11.3 Å². The van der Waals surface area contributed by atoms with Crippen LogP contribution < -0.4 is 4.90 Å². The summed E-state index contributed by atoms with van der Waals surface area (Å²) in [7, 11) is 0. The second-order valence-corrected chi connectivity index (χ2v) is 9.28. The standard InChI is InChI=1S/C24H26N4O/c1-24(2,3)22(29)19-11-25-23-21(19)27-20(12-26-23)15-6-5-9-18(10-15)28-13-16-7-4-8-17(16)14-28/h4-7,9-12,16-17H,8,13-14H2,1-3H3,(H,25,26)/t16-,17+/m1/s1. The van der Waals surface area contributed by atoms with E-state index in [1.807, 2.05) is 20.8 Å². The van der Waals surface area contributed by atoms with Crippen molar-refractivity contribution in [1.82, 2.24) is 15.0 Å². The summed E-state index contributed by atoms with van der Waals surface area (Å²) in [5.74, 6) is 1.50. The number of carbonyl (C=O) groups excluding carboxylic acids is 1. The highest BCUT2D eigenvalue weighted by Gasteiger charge is 2.33. The number of ketones is 1. The van der Waals surface area contributed by atoms with Crippen LogP contribution in [0.4, 0.5) is 5.69 Å². The normalized spacial score (nSPS) is 21.1. The third-order valence-electron chi connectivity index (χ3n) is 6.13. The van der Waals surface area contributed by atoms with Crippen LogP contribution in [0.25, 0.3) is 22.4 Å². The fourth-order valence-corrected chi connectivity index (χ4v) is 4.47. The van der Waals surface area contributed by atoms with Crippen molar-refractivity contribution in [3.63, 3.8) is 0 Å². The van der Waals surface area contributed by atoms with Gasteiger partial charge in [-0.05, 0) is 30.4 Å². The lowest BCUT2D eigenvalue weighted by Gasteiger charge is -2.19. The highest BCUT2D eigenvalue weighted by atomic mass is 16.1. The Balaban J connectivity index is 1.50. The Morgan fingerprint density at radius 2 is 2.10 bits per heavy atom. The van der Waals surface area contributed by atoms with E-state index in [1.54, 1.807) is 12.4 Å². The van der Waals surface area contributed by atoms with E-state index in [1.165, 1.54) is 12.1 Å². The molecule has 1 N–H and O–H groups in total. The minimum atomic E-state index is -0.463. The van der Waals surface area contributed by atoms with Gasteiger partial charge < -0.3 is 9.88 Å². The molecule has 3 aromatic rings. The lowest BCUT2D eigenvalue weighted by molar-refractivity contribution is 0.0860. The van der Waals surface area contributed by atoms with Gasteiger partial charge in [-0.3, -0.25) is 4.79 Å². The summed E-state index contributed by atoms with van der Waals surface area (Å²) in [6.45, 7) is 7.96. The number of anilines is 1. The predicted molar refractivity (Wildman–Crippen MR) is 116 cm³/mol. The van der Waals surface area contributed by atoms with Gasteiger partial charge in [-0.2, -0.15) is 0 Å². The SMILES string of the molecule is CC(C)(C)C(=O)c1c[nH]c2ncc(-c3cccc(N4C[C@@H]5CC=C[C@@H]5C4)c3)nc12. The Bertz CT molecular complexity index is 1120. The van der Waals surface area contributed by atoms with Crippen molar-refractivity contribution in [2.24, 2.45) is 17.3 Å². The van der Waals surface area contributed by atoms with Crippen LogP contribution in [0.2, 0.25) is 0 Å². The van der Waals surface area contributed by atoms with Crippen LogP contribution in [-0.4, -0.2) is 33.8 Å².